The smallest absolute Gasteiger partial charge is 0.164 e. The molecule has 0 aliphatic carbocycles. The molecule has 1 N–H and O–H groups in total. The Morgan fingerprint density at radius 3 is 2.48 bits per heavy atom. The number of pyridine rings is 1. The summed E-state index contributed by atoms with van der Waals surface area (Å²) in [5.74, 6) is 2.67. The van der Waals surface area contributed by atoms with E-state index in [1.807, 2.05) is 43.2 Å². The van der Waals surface area contributed by atoms with Crippen LogP contribution >= 0.6 is 0 Å². The summed E-state index contributed by atoms with van der Waals surface area (Å²) in [6.45, 7) is 4.33. The molecule has 1 atom stereocenters. The van der Waals surface area contributed by atoms with Gasteiger partial charge in [-0.2, -0.15) is 5.10 Å². The van der Waals surface area contributed by atoms with Crippen molar-refractivity contribution < 1.29 is 0 Å². The molecule has 0 fully saturated rings. The first-order valence-electron chi connectivity index (χ1n) is 8.88. The lowest BCUT2D eigenvalue weighted by molar-refractivity contribution is 0.507. The van der Waals surface area contributed by atoms with Gasteiger partial charge in [-0.1, -0.05) is 13.8 Å². The molecule has 4 heterocycles. The third-order valence-electron chi connectivity index (χ3n) is 4.63. The van der Waals surface area contributed by atoms with Gasteiger partial charge < -0.3 is 9.88 Å². The number of nitrogens with zero attached hydrogens (tertiary/aromatic N) is 7. The summed E-state index contributed by atoms with van der Waals surface area (Å²) in [7, 11) is 3.88. The predicted molar refractivity (Wildman–Crippen MR) is 104 cm³/mol. The van der Waals surface area contributed by atoms with E-state index in [1.165, 1.54) is 0 Å². The molecule has 4 aromatic rings. The van der Waals surface area contributed by atoms with E-state index in [1.54, 1.807) is 23.3 Å². The Hall–Kier alpha value is -3.29. The number of imidazole rings is 1. The van der Waals surface area contributed by atoms with Crippen LogP contribution in [0.2, 0.25) is 0 Å². The van der Waals surface area contributed by atoms with Crippen molar-refractivity contribution in [3.8, 4) is 11.4 Å². The maximum atomic E-state index is 4.81. The van der Waals surface area contributed by atoms with E-state index < -0.39 is 0 Å². The van der Waals surface area contributed by atoms with Crippen molar-refractivity contribution in [3.05, 3.63) is 48.9 Å². The summed E-state index contributed by atoms with van der Waals surface area (Å²) in [6, 6.07) is 3.81. The van der Waals surface area contributed by atoms with Crippen molar-refractivity contribution in [2.75, 3.05) is 5.32 Å². The van der Waals surface area contributed by atoms with Gasteiger partial charge in [0, 0.05) is 44.4 Å². The summed E-state index contributed by atoms with van der Waals surface area (Å²) < 4.78 is 3.79. The maximum absolute atomic E-state index is 4.81. The standard InChI is InChI=1S/C19H22N8/c1-12(2)15(19-21-9-10-26(19)3)23-17-14-11-22-27(4)18(14)25-16(24-17)13-5-7-20-8-6-13/h5-12,15H,1-4H3,(H,23,24,25)/t15-/m1/s1. The van der Waals surface area contributed by atoms with E-state index in [9.17, 15) is 0 Å². The van der Waals surface area contributed by atoms with Gasteiger partial charge in [0.15, 0.2) is 11.5 Å². The van der Waals surface area contributed by atoms with Crippen molar-refractivity contribution in [2.45, 2.75) is 19.9 Å². The first-order valence-corrected chi connectivity index (χ1v) is 8.88. The Balaban J connectivity index is 1.84. The van der Waals surface area contributed by atoms with E-state index in [0.717, 1.165) is 28.2 Å². The SMILES string of the molecule is CC(C)[C@@H](Nc1nc(-c2ccncc2)nc2c1cnn2C)c1nccn1C. The molecule has 0 radical (unpaired) electrons. The van der Waals surface area contributed by atoms with E-state index >= 15 is 0 Å². The van der Waals surface area contributed by atoms with Crippen molar-refractivity contribution in [1.82, 2.24) is 34.3 Å². The fraction of sp³-hybridized carbons (Fsp3) is 0.316. The van der Waals surface area contributed by atoms with Crippen molar-refractivity contribution >= 4 is 16.9 Å². The first kappa shape index (κ1) is 17.1. The van der Waals surface area contributed by atoms with Crippen LogP contribution in [0.4, 0.5) is 5.82 Å². The van der Waals surface area contributed by atoms with E-state index in [-0.39, 0.29) is 6.04 Å². The molecule has 0 spiro atoms. The Kier molecular flexibility index (Phi) is 4.31. The predicted octanol–water partition coefficient (Wildman–Crippen LogP) is 2.97. The molecule has 0 bridgehead atoms. The monoisotopic (exact) mass is 362 g/mol. The van der Waals surface area contributed by atoms with E-state index in [0.29, 0.717) is 11.7 Å². The molecule has 8 heteroatoms. The van der Waals surface area contributed by atoms with Gasteiger partial charge in [0.25, 0.3) is 0 Å². The van der Waals surface area contributed by atoms with E-state index in [4.69, 9.17) is 9.97 Å². The van der Waals surface area contributed by atoms with Crippen molar-refractivity contribution in [3.63, 3.8) is 0 Å². The second-order valence-corrected chi connectivity index (χ2v) is 6.90. The van der Waals surface area contributed by atoms with Gasteiger partial charge in [0.1, 0.15) is 11.6 Å². The molecular formula is C19H22N8. The first-order chi connectivity index (χ1) is 13.0. The average Bonchev–Trinajstić information content (AvgIpc) is 3.26. The molecule has 0 aliphatic heterocycles. The highest BCUT2D eigenvalue weighted by atomic mass is 15.3. The zero-order valence-electron chi connectivity index (χ0n) is 15.8. The van der Waals surface area contributed by atoms with Crippen molar-refractivity contribution in [2.24, 2.45) is 20.0 Å². The average molecular weight is 362 g/mol. The molecule has 0 saturated heterocycles. The lowest BCUT2D eigenvalue weighted by atomic mass is 10.0. The molecule has 8 nitrogen and oxygen atoms in total. The highest BCUT2D eigenvalue weighted by molar-refractivity contribution is 5.88. The van der Waals surface area contributed by atoms with Crippen LogP contribution < -0.4 is 5.32 Å². The normalized spacial score (nSPS) is 12.6. The third kappa shape index (κ3) is 3.14. The zero-order chi connectivity index (χ0) is 19.0. The minimum Gasteiger partial charge on any atom is -0.359 e. The summed E-state index contributed by atoms with van der Waals surface area (Å²) in [5.41, 5.74) is 1.69. The summed E-state index contributed by atoms with van der Waals surface area (Å²) in [4.78, 5) is 18.1. The molecule has 0 aromatic carbocycles. The Morgan fingerprint density at radius 2 is 1.81 bits per heavy atom. The summed E-state index contributed by atoms with van der Waals surface area (Å²) >= 11 is 0. The van der Waals surface area contributed by atoms with Gasteiger partial charge in [-0.25, -0.2) is 15.0 Å². The van der Waals surface area contributed by atoms with Crippen LogP contribution in [-0.2, 0) is 14.1 Å². The van der Waals surface area contributed by atoms with Gasteiger partial charge in [-0.3, -0.25) is 9.67 Å². The van der Waals surface area contributed by atoms with Gasteiger partial charge >= 0.3 is 0 Å². The number of nitrogens with one attached hydrogen (secondary N) is 1. The largest absolute Gasteiger partial charge is 0.359 e. The van der Waals surface area contributed by atoms with Crippen molar-refractivity contribution in [1.29, 1.82) is 0 Å². The highest BCUT2D eigenvalue weighted by Gasteiger charge is 2.22. The van der Waals surface area contributed by atoms with Crippen LogP contribution in [-0.4, -0.2) is 34.3 Å². The number of aromatic nitrogens is 7. The minimum atomic E-state index is 0.00796. The number of hydrogen-bond donors (Lipinski definition) is 1. The van der Waals surface area contributed by atoms with Gasteiger partial charge in [0.2, 0.25) is 0 Å². The van der Waals surface area contributed by atoms with Crippen LogP contribution in [0.3, 0.4) is 0 Å². The molecule has 0 unspecified atom stereocenters. The number of rotatable bonds is 5. The maximum Gasteiger partial charge on any atom is 0.164 e. The highest BCUT2D eigenvalue weighted by Crippen LogP contribution is 2.30. The van der Waals surface area contributed by atoms with E-state index in [2.05, 4.69) is 34.2 Å². The fourth-order valence-electron chi connectivity index (χ4n) is 3.12. The van der Waals surface area contributed by atoms with Crippen LogP contribution in [0.1, 0.15) is 25.7 Å². The van der Waals surface area contributed by atoms with Crippen LogP contribution in [0.25, 0.3) is 22.4 Å². The number of hydrogen-bond acceptors (Lipinski definition) is 6. The van der Waals surface area contributed by atoms with Gasteiger partial charge in [-0.05, 0) is 18.1 Å². The van der Waals surface area contributed by atoms with Crippen LogP contribution in [0.15, 0.2) is 43.1 Å². The Labute approximate surface area is 157 Å². The molecule has 4 aromatic heterocycles. The second-order valence-electron chi connectivity index (χ2n) is 6.90. The fourth-order valence-corrected chi connectivity index (χ4v) is 3.12. The number of fused-ring (bicyclic) bond motifs is 1. The van der Waals surface area contributed by atoms with Crippen LogP contribution in [0.5, 0.6) is 0 Å². The lowest BCUT2D eigenvalue weighted by Crippen LogP contribution is -2.21. The summed E-state index contributed by atoms with van der Waals surface area (Å²) in [6.07, 6.45) is 9.04. The minimum absolute atomic E-state index is 0.00796. The quantitative estimate of drug-likeness (QED) is 0.587. The third-order valence-corrected chi connectivity index (χ3v) is 4.63. The molecule has 4 rings (SSSR count). The molecule has 27 heavy (non-hydrogen) atoms. The topological polar surface area (TPSA) is 86.3 Å². The lowest BCUT2D eigenvalue weighted by Gasteiger charge is -2.23. The Bertz CT molecular complexity index is 1060. The molecule has 0 saturated carbocycles. The second kappa shape index (κ2) is 6.79. The zero-order valence-corrected chi connectivity index (χ0v) is 15.8. The number of anilines is 1. The summed E-state index contributed by atoms with van der Waals surface area (Å²) in [5, 5.41) is 8.83. The van der Waals surface area contributed by atoms with Crippen LogP contribution in [0, 0.1) is 5.92 Å². The molecule has 0 amide bonds. The molecule has 0 aliphatic rings. The molecule has 138 valence electrons. The number of aryl methyl sites for hydroxylation is 2. The van der Waals surface area contributed by atoms with Gasteiger partial charge in [0.05, 0.1) is 17.6 Å². The van der Waals surface area contributed by atoms with Gasteiger partial charge in [-0.15, -0.1) is 0 Å². The molecular weight excluding hydrogens is 340 g/mol. The Morgan fingerprint density at radius 1 is 1.04 bits per heavy atom.